The smallest absolute Gasteiger partial charge is 0.264 e. The first kappa shape index (κ1) is 23.6. The molecule has 7 heteroatoms. The van der Waals surface area contributed by atoms with Crippen LogP contribution >= 0.6 is 11.8 Å². The third-order valence-electron chi connectivity index (χ3n) is 5.55. The van der Waals surface area contributed by atoms with Gasteiger partial charge >= 0.3 is 0 Å². The molecule has 1 fully saturated rings. The highest BCUT2D eigenvalue weighted by molar-refractivity contribution is 8.18. The number of hydrogen-bond acceptors (Lipinski definition) is 5. The number of fused-ring (bicyclic) bond motifs is 1. The topological polar surface area (TPSA) is 59.9 Å². The molecule has 1 N–H and O–H groups in total. The van der Waals surface area contributed by atoms with Gasteiger partial charge in [-0.15, -0.1) is 0 Å². The second-order valence-corrected chi connectivity index (χ2v) is 9.03. The van der Waals surface area contributed by atoms with E-state index in [2.05, 4.69) is 34.6 Å². The molecule has 0 unspecified atom stereocenters. The zero-order chi connectivity index (χ0) is 24.9. The molecule has 0 atom stereocenters. The van der Waals surface area contributed by atoms with Gasteiger partial charge in [0.1, 0.15) is 18.1 Å². The van der Waals surface area contributed by atoms with E-state index in [1.807, 2.05) is 43.3 Å². The van der Waals surface area contributed by atoms with Gasteiger partial charge in [-0.3, -0.25) is 4.79 Å². The molecule has 36 heavy (non-hydrogen) atoms. The molecule has 0 saturated carbocycles. The predicted octanol–water partition coefficient (Wildman–Crippen LogP) is 6.85. The first-order valence-corrected chi connectivity index (χ1v) is 12.3. The minimum absolute atomic E-state index is 0.174. The summed E-state index contributed by atoms with van der Waals surface area (Å²) in [6.07, 6.45) is 1.75. The largest absolute Gasteiger partial charge is 0.490 e. The van der Waals surface area contributed by atoms with Crippen molar-refractivity contribution in [3.8, 4) is 11.5 Å². The maximum Gasteiger partial charge on any atom is 0.264 e. The molecule has 1 aliphatic rings. The minimum Gasteiger partial charge on any atom is -0.490 e. The lowest BCUT2D eigenvalue weighted by atomic mass is 10.1. The van der Waals surface area contributed by atoms with Crippen molar-refractivity contribution in [2.75, 3.05) is 6.61 Å². The lowest BCUT2D eigenvalue weighted by Gasteiger charge is -2.14. The lowest BCUT2D eigenvalue weighted by Crippen LogP contribution is -2.19. The van der Waals surface area contributed by atoms with E-state index in [-0.39, 0.29) is 11.6 Å². The van der Waals surface area contributed by atoms with Crippen LogP contribution in [-0.2, 0) is 11.4 Å². The number of benzene rings is 4. The van der Waals surface area contributed by atoms with Gasteiger partial charge in [-0.25, -0.2) is 9.38 Å². The van der Waals surface area contributed by atoms with Crippen molar-refractivity contribution >= 4 is 45.4 Å². The van der Waals surface area contributed by atoms with Gasteiger partial charge in [0.05, 0.1) is 11.5 Å². The van der Waals surface area contributed by atoms with Gasteiger partial charge in [0.2, 0.25) is 0 Å². The van der Waals surface area contributed by atoms with Gasteiger partial charge in [-0.2, -0.15) is 0 Å². The van der Waals surface area contributed by atoms with E-state index in [0.29, 0.717) is 34.8 Å². The number of amides is 1. The average Bonchev–Trinajstić information content (AvgIpc) is 3.23. The molecule has 1 aliphatic heterocycles. The Labute approximate surface area is 212 Å². The van der Waals surface area contributed by atoms with Crippen molar-refractivity contribution in [1.82, 2.24) is 5.32 Å². The van der Waals surface area contributed by atoms with E-state index in [1.54, 1.807) is 24.3 Å². The van der Waals surface area contributed by atoms with E-state index in [4.69, 9.17) is 9.47 Å². The van der Waals surface area contributed by atoms with Crippen LogP contribution in [0.15, 0.2) is 94.8 Å². The molecule has 4 aromatic carbocycles. The van der Waals surface area contributed by atoms with Gasteiger partial charge < -0.3 is 14.8 Å². The van der Waals surface area contributed by atoms with Crippen LogP contribution in [0, 0.1) is 5.82 Å². The summed E-state index contributed by atoms with van der Waals surface area (Å²) >= 11 is 1.16. The number of rotatable bonds is 7. The van der Waals surface area contributed by atoms with E-state index in [1.165, 1.54) is 6.07 Å². The first-order chi connectivity index (χ1) is 17.6. The zero-order valence-electron chi connectivity index (χ0n) is 19.5. The van der Waals surface area contributed by atoms with Gasteiger partial charge in [-0.05, 0) is 70.9 Å². The summed E-state index contributed by atoms with van der Waals surface area (Å²) in [7, 11) is 0. The second-order valence-electron chi connectivity index (χ2n) is 8.00. The molecule has 180 valence electrons. The van der Waals surface area contributed by atoms with Crippen LogP contribution in [-0.4, -0.2) is 17.7 Å². The highest BCUT2D eigenvalue weighted by Gasteiger charge is 2.24. The number of nitrogens with one attached hydrogen (secondary N) is 1. The van der Waals surface area contributed by atoms with Crippen LogP contribution < -0.4 is 14.8 Å². The number of halogens is 1. The maximum atomic E-state index is 13.9. The van der Waals surface area contributed by atoms with Crippen LogP contribution in [0.4, 0.5) is 10.1 Å². The highest BCUT2D eigenvalue weighted by Crippen LogP contribution is 2.33. The van der Waals surface area contributed by atoms with Crippen LogP contribution in [0.3, 0.4) is 0 Å². The summed E-state index contributed by atoms with van der Waals surface area (Å²) in [5.74, 6) is 0.482. The number of carbonyl (C=O) groups is 1. The number of ether oxygens (including phenoxy) is 2. The molecule has 1 heterocycles. The number of thioether (sulfide) groups is 1. The Kier molecular flexibility index (Phi) is 7.00. The molecule has 4 aromatic rings. The quantitative estimate of drug-likeness (QED) is 0.283. The molecule has 1 saturated heterocycles. The molecular formula is C29H23FN2O3S. The number of carbonyl (C=O) groups excluding carboxylic acids is 1. The molecule has 0 radical (unpaired) electrons. The number of amidine groups is 1. The monoisotopic (exact) mass is 498 g/mol. The number of nitrogens with zero attached hydrogens (tertiary/aromatic N) is 1. The molecule has 0 aromatic heterocycles. The van der Waals surface area contributed by atoms with Crippen molar-refractivity contribution in [2.24, 2.45) is 4.99 Å². The fourth-order valence-corrected chi connectivity index (χ4v) is 4.69. The third kappa shape index (κ3) is 5.26. The standard InChI is InChI=1S/C29H23FN2O3S/c1-2-34-26-16-19(17-27-28(33)32-29(36-27)31-24-13-6-5-12-23(24)30)14-15-25(26)35-18-21-10-7-9-20-8-3-4-11-22(20)21/h3-17H,2,18H2,1H3,(H,31,32,33)/b27-17-. The van der Waals surface area contributed by atoms with Crippen LogP contribution in [0.2, 0.25) is 0 Å². The summed E-state index contributed by atoms with van der Waals surface area (Å²) in [6, 6.07) is 26.1. The number of para-hydroxylation sites is 1. The summed E-state index contributed by atoms with van der Waals surface area (Å²) < 4.78 is 25.9. The molecule has 0 aliphatic carbocycles. The summed E-state index contributed by atoms with van der Waals surface area (Å²) in [5, 5.41) is 5.33. The van der Waals surface area contributed by atoms with Gasteiger partial charge in [0, 0.05) is 0 Å². The van der Waals surface area contributed by atoms with Gasteiger partial charge in [0.15, 0.2) is 16.7 Å². The van der Waals surface area contributed by atoms with Crippen molar-refractivity contribution in [3.63, 3.8) is 0 Å². The summed E-state index contributed by atoms with van der Waals surface area (Å²) in [4.78, 5) is 17.2. The summed E-state index contributed by atoms with van der Waals surface area (Å²) in [6.45, 7) is 2.78. The minimum atomic E-state index is -0.447. The van der Waals surface area contributed by atoms with Crippen LogP contribution in [0.5, 0.6) is 11.5 Å². The lowest BCUT2D eigenvalue weighted by molar-refractivity contribution is -0.115. The third-order valence-corrected chi connectivity index (χ3v) is 6.46. The Morgan fingerprint density at radius 1 is 0.944 bits per heavy atom. The van der Waals surface area contributed by atoms with Gasteiger partial charge in [-0.1, -0.05) is 60.7 Å². The Morgan fingerprint density at radius 2 is 1.75 bits per heavy atom. The molecule has 0 spiro atoms. The fraction of sp³-hybridized carbons (Fsp3) is 0.103. The summed E-state index contributed by atoms with van der Waals surface area (Å²) in [5.41, 5.74) is 2.04. The molecule has 5 nitrogen and oxygen atoms in total. The van der Waals surface area contributed by atoms with E-state index < -0.39 is 5.82 Å². The maximum absolute atomic E-state index is 13.9. The number of hydrogen-bond donors (Lipinski definition) is 1. The average molecular weight is 499 g/mol. The van der Waals surface area contributed by atoms with Crippen LogP contribution in [0.25, 0.3) is 16.8 Å². The van der Waals surface area contributed by atoms with Crippen molar-refractivity contribution in [2.45, 2.75) is 13.5 Å². The second kappa shape index (κ2) is 10.7. The van der Waals surface area contributed by atoms with Crippen molar-refractivity contribution in [3.05, 3.63) is 107 Å². The van der Waals surface area contributed by atoms with Gasteiger partial charge in [0.25, 0.3) is 5.91 Å². The van der Waals surface area contributed by atoms with Crippen molar-refractivity contribution < 1.29 is 18.7 Å². The van der Waals surface area contributed by atoms with E-state index >= 15 is 0 Å². The molecule has 0 bridgehead atoms. The SMILES string of the molecule is CCOc1cc(/C=C2\SC(=Nc3ccccc3F)NC2=O)ccc1OCc1cccc2ccccc12. The Bertz CT molecular complexity index is 1490. The number of aliphatic imine (C=N–C) groups is 1. The Morgan fingerprint density at radius 3 is 2.61 bits per heavy atom. The molecule has 5 rings (SSSR count). The van der Waals surface area contributed by atoms with Crippen LogP contribution in [0.1, 0.15) is 18.1 Å². The highest BCUT2D eigenvalue weighted by atomic mass is 32.2. The Balaban J connectivity index is 1.35. The van der Waals surface area contributed by atoms with Crippen molar-refractivity contribution in [1.29, 1.82) is 0 Å². The molecular weight excluding hydrogens is 475 g/mol. The Hall–Kier alpha value is -4.10. The van der Waals surface area contributed by atoms with E-state index in [9.17, 15) is 9.18 Å². The van der Waals surface area contributed by atoms with E-state index in [0.717, 1.165) is 33.7 Å². The first-order valence-electron chi connectivity index (χ1n) is 11.5. The zero-order valence-corrected chi connectivity index (χ0v) is 20.3. The normalized spacial score (nSPS) is 15.4. The fourth-order valence-electron chi connectivity index (χ4n) is 3.86. The predicted molar refractivity (Wildman–Crippen MR) is 143 cm³/mol. The molecule has 1 amide bonds.